The monoisotopic (exact) mass is 270 g/mol. The number of carbonyl (C=O) groups is 1. The molecule has 1 fully saturated rings. The van der Waals surface area contributed by atoms with Gasteiger partial charge in [-0.25, -0.2) is 0 Å². The summed E-state index contributed by atoms with van der Waals surface area (Å²) in [5.74, 6) is 0.939. The summed E-state index contributed by atoms with van der Waals surface area (Å²) in [6.07, 6.45) is 4.65. The van der Waals surface area contributed by atoms with Crippen LogP contribution in [0.25, 0.3) is 0 Å². The number of likely N-dealkylation sites (N-methyl/N-ethyl adjacent to an activating group) is 1. The van der Waals surface area contributed by atoms with Gasteiger partial charge in [-0.15, -0.1) is 0 Å². The number of amides is 1. The number of aliphatic hydroxyl groups excluding tert-OH is 1. The van der Waals surface area contributed by atoms with E-state index in [1.807, 2.05) is 25.8 Å². The molecule has 0 aromatic carbocycles. The van der Waals surface area contributed by atoms with Crippen LogP contribution in [0, 0.1) is 11.3 Å². The molecule has 0 heterocycles. The molecule has 0 aromatic heterocycles. The van der Waals surface area contributed by atoms with Crippen molar-refractivity contribution in [3.8, 4) is 0 Å². The van der Waals surface area contributed by atoms with Crippen LogP contribution in [0.4, 0.5) is 0 Å². The zero-order valence-electron chi connectivity index (χ0n) is 12.9. The second kappa shape index (κ2) is 7.25. The molecule has 0 aliphatic heterocycles. The van der Waals surface area contributed by atoms with E-state index in [4.69, 9.17) is 5.11 Å². The first-order valence-electron chi connectivity index (χ1n) is 7.45. The molecule has 0 radical (unpaired) electrons. The van der Waals surface area contributed by atoms with Crippen LogP contribution >= 0.6 is 0 Å². The summed E-state index contributed by atoms with van der Waals surface area (Å²) in [6.45, 7) is 7.64. The maximum absolute atomic E-state index is 12.4. The van der Waals surface area contributed by atoms with Crippen molar-refractivity contribution in [2.45, 2.75) is 52.5 Å². The minimum absolute atomic E-state index is 0.134. The van der Waals surface area contributed by atoms with Gasteiger partial charge in [0.25, 0.3) is 0 Å². The molecule has 4 nitrogen and oxygen atoms in total. The van der Waals surface area contributed by atoms with E-state index in [9.17, 15) is 4.79 Å². The minimum atomic E-state index is -0.410. The Balaban J connectivity index is 2.42. The third-order valence-corrected chi connectivity index (χ3v) is 4.11. The first-order chi connectivity index (χ1) is 8.85. The Kier molecular flexibility index (Phi) is 6.27. The minimum Gasteiger partial charge on any atom is -0.395 e. The highest BCUT2D eigenvalue weighted by molar-refractivity contribution is 5.82. The molecule has 0 saturated heterocycles. The Hall–Kier alpha value is -0.610. The predicted octanol–water partition coefficient (Wildman–Crippen LogP) is 1.63. The normalized spacial score (nSPS) is 24.5. The van der Waals surface area contributed by atoms with E-state index in [0.717, 1.165) is 18.8 Å². The number of hydrogen-bond donors (Lipinski definition) is 2. The largest absolute Gasteiger partial charge is 0.395 e. The molecule has 0 aromatic rings. The van der Waals surface area contributed by atoms with Gasteiger partial charge >= 0.3 is 0 Å². The van der Waals surface area contributed by atoms with Crippen molar-refractivity contribution < 1.29 is 9.90 Å². The van der Waals surface area contributed by atoms with Crippen molar-refractivity contribution in [1.29, 1.82) is 0 Å². The average Bonchev–Trinajstić information content (AvgIpc) is 2.31. The average molecular weight is 270 g/mol. The van der Waals surface area contributed by atoms with Crippen LogP contribution in [0.3, 0.4) is 0 Å². The van der Waals surface area contributed by atoms with Crippen molar-refractivity contribution in [1.82, 2.24) is 10.2 Å². The van der Waals surface area contributed by atoms with Gasteiger partial charge in [-0.3, -0.25) is 4.79 Å². The fraction of sp³-hybridized carbons (Fsp3) is 0.933. The quantitative estimate of drug-likeness (QED) is 0.771. The second-order valence-corrected chi connectivity index (χ2v) is 6.78. The van der Waals surface area contributed by atoms with Crippen molar-refractivity contribution >= 4 is 5.91 Å². The lowest BCUT2D eigenvalue weighted by Gasteiger charge is -2.33. The SMILES string of the molecule is CC1CCC(NC(=O)C(C)(C)CN(C)CCO)CC1. The molecule has 0 unspecified atom stereocenters. The van der Waals surface area contributed by atoms with Gasteiger partial charge in [0.1, 0.15) is 0 Å². The molecular formula is C15H30N2O2. The molecule has 1 aliphatic rings. The number of rotatable bonds is 6. The maximum Gasteiger partial charge on any atom is 0.227 e. The fourth-order valence-electron chi connectivity index (χ4n) is 2.78. The van der Waals surface area contributed by atoms with E-state index in [1.54, 1.807) is 0 Å². The van der Waals surface area contributed by atoms with Crippen LogP contribution in [0.15, 0.2) is 0 Å². The van der Waals surface area contributed by atoms with Gasteiger partial charge in [0.05, 0.1) is 12.0 Å². The van der Waals surface area contributed by atoms with E-state index in [-0.39, 0.29) is 12.5 Å². The lowest BCUT2D eigenvalue weighted by atomic mass is 9.85. The fourth-order valence-corrected chi connectivity index (χ4v) is 2.78. The number of hydrogen-bond acceptors (Lipinski definition) is 3. The van der Waals surface area contributed by atoms with E-state index in [0.29, 0.717) is 19.1 Å². The summed E-state index contributed by atoms with van der Waals surface area (Å²) >= 11 is 0. The molecule has 1 amide bonds. The van der Waals surface area contributed by atoms with Gasteiger partial charge in [0.15, 0.2) is 0 Å². The van der Waals surface area contributed by atoms with Crippen LogP contribution in [0.1, 0.15) is 46.5 Å². The van der Waals surface area contributed by atoms with Crippen molar-refractivity contribution in [2.75, 3.05) is 26.7 Å². The van der Waals surface area contributed by atoms with Crippen molar-refractivity contribution in [3.05, 3.63) is 0 Å². The second-order valence-electron chi connectivity index (χ2n) is 6.78. The molecule has 2 N–H and O–H groups in total. The Labute approximate surface area is 117 Å². The van der Waals surface area contributed by atoms with Gasteiger partial charge in [0, 0.05) is 19.1 Å². The smallest absolute Gasteiger partial charge is 0.227 e. The molecule has 0 bridgehead atoms. The highest BCUT2D eigenvalue weighted by Crippen LogP contribution is 2.25. The third-order valence-electron chi connectivity index (χ3n) is 4.11. The molecule has 19 heavy (non-hydrogen) atoms. The molecule has 1 saturated carbocycles. The lowest BCUT2D eigenvalue weighted by molar-refractivity contribution is -0.131. The van der Waals surface area contributed by atoms with Crippen molar-refractivity contribution in [2.24, 2.45) is 11.3 Å². The van der Waals surface area contributed by atoms with Gasteiger partial charge < -0.3 is 15.3 Å². The zero-order chi connectivity index (χ0) is 14.5. The third kappa shape index (κ3) is 5.49. The highest BCUT2D eigenvalue weighted by Gasteiger charge is 2.31. The molecular weight excluding hydrogens is 240 g/mol. The Bertz CT molecular complexity index is 284. The summed E-state index contributed by atoms with van der Waals surface area (Å²) in [6, 6.07) is 0.353. The summed E-state index contributed by atoms with van der Waals surface area (Å²) in [5, 5.41) is 12.1. The van der Waals surface area contributed by atoms with Gasteiger partial charge in [0.2, 0.25) is 5.91 Å². The Morgan fingerprint density at radius 1 is 1.32 bits per heavy atom. The molecule has 4 heteroatoms. The topological polar surface area (TPSA) is 52.6 Å². The van der Waals surface area contributed by atoms with Gasteiger partial charge in [-0.2, -0.15) is 0 Å². The van der Waals surface area contributed by atoms with E-state index < -0.39 is 5.41 Å². The highest BCUT2D eigenvalue weighted by atomic mass is 16.3. The van der Waals surface area contributed by atoms with Crippen LogP contribution < -0.4 is 5.32 Å². The van der Waals surface area contributed by atoms with E-state index >= 15 is 0 Å². The predicted molar refractivity (Wildman–Crippen MR) is 77.9 cm³/mol. The van der Waals surface area contributed by atoms with Crippen LogP contribution in [0.2, 0.25) is 0 Å². The number of nitrogens with zero attached hydrogens (tertiary/aromatic N) is 1. The van der Waals surface area contributed by atoms with Crippen LogP contribution in [-0.2, 0) is 4.79 Å². The molecule has 0 atom stereocenters. The van der Waals surface area contributed by atoms with Crippen LogP contribution in [-0.4, -0.2) is 48.7 Å². The van der Waals surface area contributed by atoms with Gasteiger partial charge in [-0.1, -0.05) is 6.92 Å². The molecule has 1 rings (SSSR count). The summed E-state index contributed by atoms with van der Waals surface area (Å²) in [5.41, 5.74) is -0.410. The molecule has 112 valence electrons. The van der Waals surface area contributed by atoms with Crippen LogP contribution in [0.5, 0.6) is 0 Å². The zero-order valence-corrected chi connectivity index (χ0v) is 12.9. The summed E-state index contributed by atoms with van der Waals surface area (Å²) < 4.78 is 0. The molecule has 0 spiro atoms. The number of nitrogens with one attached hydrogen (secondary N) is 1. The van der Waals surface area contributed by atoms with E-state index in [2.05, 4.69) is 12.2 Å². The van der Waals surface area contributed by atoms with Gasteiger partial charge in [-0.05, 0) is 52.5 Å². The lowest BCUT2D eigenvalue weighted by Crippen LogP contribution is -2.48. The summed E-state index contributed by atoms with van der Waals surface area (Å²) in [7, 11) is 1.94. The standard InChI is InChI=1S/C15H30N2O2/c1-12-5-7-13(8-6-12)16-14(19)15(2,3)11-17(4)9-10-18/h12-13,18H,5-11H2,1-4H3,(H,16,19). The first-order valence-corrected chi connectivity index (χ1v) is 7.45. The molecule has 1 aliphatic carbocycles. The number of carbonyl (C=O) groups excluding carboxylic acids is 1. The summed E-state index contributed by atoms with van der Waals surface area (Å²) in [4.78, 5) is 14.4. The first kappa shape index (κ1) is 16.4. The number of aliphatic hydroxyl groups is 1. The van der Waals surface area contributed by atoms with Crippen molar-refractivity contribution in [3.63, 3.8) is 0 Å². The Morgan fingerprint density at radius 3 is 2.42 bits per heavy atom. The van der Waals surface area contributed by atoms with E-state index in [1.165, 1.54) is 12.8 Å². The Morgan fingerprint density at radius 2 is 1.89 bits per heavy atom. The maximum atomic E-state index is 12.4.